The van der Waals surface area contributed by atoms with E-state index in [-0.39, 0.29) is 17.7 Å². The number of fused-ring (bicyclic) bond motifs is 2. The molecule has 0 aliphatic heterocycles. The fraction of sp³-hybridized carbons (Fsp3) is 0.375. The van der Waals surface area contributed by atoms with Gasteiger partial charge in [-0.1, -0.05) is 42.0 Å². The minimum atomic E-state index is -0.949. The number of anilines is 1. The van der Waals surface area contributed by atoms with E-state index in [0.717, 1.165) is 34.4 Å². The van der Waals surface area contributed by atoms with Gasteiger partial charge in [-0.15, -0.1) is 11.3 Å². The molecule has 7 heteroatoms. The number of carbonyl (C=O) groups excluding carboxylic acids is 2. The SMILES string of the molecule is COC(=O)c1c(NC(=O)[C@@H]2[C@@H](C(=O)O)[C@H]3C=C[C@H]2CC3)sc(C)c1-c1ccc(C)cc1. The molecule has 0 spiro atoms. The van der Waals surface area contributed by atoms with Crippen LogP contribution in [0.5, 0.6) is 0 Å². The predicted molar refractivity (Wildman–Crippen MR) is 119 cm³/mol. The second kappa shape index (κ2) is 8.30. The van der Waals surface area contributed by atoms with Crippen molar-refractivity contribution in [1.29, 1.82) is 0 Å². The number of thiophene rings is 1. The van der Waals surface area contributed by atoms with Gasteiger partial charge in [-0.25, -0.2) is 4.79 Å². The number of esters is 1. The lowest BCUT2D eigenvalue weighted by molar-refractivity contribution is -0.151. The molecule has 0 unspecified atom stereocenters. The van der Waals surface area contributed by atoms with Gasteiger partial charge in [0, 0.05) is 10.4 Å². The number of hydrogen-bond acceptors (Lipinski definition) is 5. The van der Waals surface area contributed by atoms with E-state index in [2.05, 4.69) is 5.32 Å². The summed E-state index contributed by atoms with van der Waals surface area (Å²) in [6, 6.07) is 7.81. The first-order valence-corrected chi connectivity index (χ1v) is 11.1. The van der Waals surface area contributed by atoms with Crippen molar-refractivity contribution in [3.63, 3.8) is 0 Å². The second-order valence-electron chi connectivity index (χ2n) is 8.26. The van der Waals surface area contributed by atoms with Crippen molar-refractivity contribution in [1.82, 2.24) is 0 Å². The van der Waals surface area contributed by atoms with E-state index in [1.165, 1.54) is 18.4 Å². The smallest absolute Gasteiger partial charge is 0.341 e. The summed E-state index contributed by atoms with van der Waals surface area (Å²) in [5, 5.41) is 13.1. The fourth-order valence-corrected chi connectivity index (χ4v) is 5.95. The summed E-state index contributed by atoms with van der Waals surface area (Å²) in [6.45, 7) is 3.88. The third kappa shape index (κ3) is 3.78. The zero-order valence-corrected chi connectivity index (χ0v) is 18.5. The highest BCUT2D eigenvalue weighted by Crippen LogP contribution is 2.46. The Morgan fingerprint density at radius 2 is 1.65 bits per heavy atom. The molecule has 2 bridgehead atoms. The maximum absolute atomic E-state index is 13.3. The van der Waals surface area contributed by atoms with Gasteiger partial charge in [-0.3, -0.25) is 9.59 Å². The number of methoxy groups -OCH3 is 1. The molecule has 1 fully saturated rings. The Balaban J connectivity index is 1.71. The van der Waals surface area contributed by atoms with E-state index in [4.69, 9.17) is 4.74 Å². The Morgan fingerprint density at radius 3 is 2.19 bits per heavy atom. The van der Waals surface area contributed by atoms with Crippen LogP contribution in [0.2, 0.25) is 0 Å². The molecule has 4 atom stereocenters. The van der Waals surface area contributed by atoms with Gasteiger partial charge in [0.15, 0.2) is 0 Å². The van der Waals surface area contributed by atoms with Crippen molar-refractivity contribution in [2.75, 3.05) is 12.4 Å². The van der Waals surface area contributed by atoms with Gasteiger partial charge in [0.1, 0.15) is 10.6 Å². The molecular weight excluding hydrogens is 414 g/mol. The molecule has 1 aromatic carbocycles. The number of rotatable bonds is 5. The highest BCUT2D eigenvalue weighted by molar-refractivity contribution is 7.17. The standard InChI is InChI=1S/C24H25NO5S/c1-12-4-6-14(7-5-12)17-13(2)31-22(20(17)24(29)30-3)25-21(26)18-15-8-10-16(11-9-15)19(18)23(27)28/h4-8,10,15-16,18-19H,9,11H2,1-3H3,(H,25,26)(H,27,28)/t15-,16-,18-,19-/m0/s1. The molecule has 1 saturated carbocycles. The van der Waals surface area contributed by atoms with Gasteiger partial charge in [-0.2, -0.15) is 0 Å². The quantitative estimate of drug-likeness (QED) is 0.522. The van der Waals surface area contributed by atoms with Crippen LogP contribution in [0.15, 0.2) is 36.4 Å². The van der Waals surface area contributed by atoms with Crippen LogP contribution in [0.25, 0.3) is 11.1 Å². The van der Waals surface area contributed by atoms with Crippen molar-refractivity contribution < 1.29 is 24.2 Å². The third-order valence-corrected chi connectivity index (χ3v) is 7.41. The number of hydrogen-bond donors (Lipinski definition) is 2. The maximum Gasteiger partial charge on any atom is 0.341 e. The van der Waals surface area contributed by atoms with Gasteiger partial charge < -0.3 is 15.2 Å². The minimum Gasteiger partial charge on any atom is -0.481 e. The number of carboxylic acid groups (broad SMARTS) is 1. The summed E-state index contributed by atoms with van der Waals surface area (Å²) >= 11 is 1.31. The molecule has 3 aliphatic carbocycles. The van der Waals surface area contributed by atoms with Crippen LogP contribution < -0.4 is 5.32 Å². The number of carboxylic acids is 1. The largest absolute Gasteiger partial charge is 0.481 e. The highest BCUT2D eigenvalue weighted by atomic mass is 32.1. The molecule has 2 N–H and O–H groups in total. The second-order valence-corrected chi connectivity index (χ2v) is 9.49. The van der Waals surface area contributed by atoms with Crippen LogP contribution >= 0.6 is 11.3 Å². The monoisotopic (exact) mass is 439 g/mol. The van der Waals surface area contributed by atoms with E-state index in [1.807, 2.05) is 50.3 Å². The van der Waals surface area contributed by atoms with Crippen LogP contribution in [-0.4, -0.2) is 30.1 Å². The maximum atomic E-state index is 13.3. The van der Waals surface area contributed by atoms with Crippen molar-refractivity contribution in [2.45, 2.75) is 26.7 Å². The number of amides is 1. The summed E-state index contributed by atoms with van der Waals surface area (Å²) < 4.78 is 5.02. The average Bonchev–Trinajstić information content (AvgIpc) is 3.09. The predicted octanol–water partition coefficient (Wildman–Crippen LogP) is 4.67. The number of ether oxygens (including phenoxy) is 1. The molecule has 0 saturated heterocycles. The summed E-state index contributed by atoms with van der Waals surface area (Å²) in [7, 11) is 1.31. The Morgan fingerprint density at radius 1 is 1.03 bits per heavy atom. The summed E-state index contributed by atoms with van der Waals surface area (Å²) in [5.41, 5.74) is 3.01. The first-order valence-electron chi connectivity index (χ1n) is 10.3. The van der Waals surface area contributed by atoms with Gasteiger partial charge in [0.25, 0.3) is 0 Å². The summed E-state index contributed by atoms with van der Waals surface area (Å²) in [4.78, 5) is 38.8. The molecule has 2 aromatic rings. The van der Waals surface area contributed by atoms with Crippen molar-refractivity contribution in [2.24, 2.45) is 23.7 Å². The van der Waals surface area contributed by atoms with E-state index >= 15 is 0 Å². The topological polar surface area (TPSA) is 92.7 Å². The number of carbonyl (C=O) groups is 3. The molecule has 1 heterocycles. The van der Waals surface area contributed by atoms with Crippen LogP contribution in [0.1, 0.15) is 33.6 Å². The average molecular weight is 440 g/mol. The highest BCUT2D eigenvalue weighted by Gasteiger charge is 2.48. The first kappa shape index (κ1) is 21.3. The van der Waals surface area contributed by atoms with Crippen LogP contribution in [0.3, 0.4) is 0 Å². The molecular formula is C24H25NO5S. The van der Waals surface area contributed by atoms with E-state index in [9.17, 15) is 19.5 Å². The number of aryl methyl sites for hydroxylation is 2. The number of allylic oxidation sites excluding steroid dienone is 2. The molecule has 1 aromatic heterocycles. The Hall–Kier alpha value is -2.93. The van der Waals surface area contributed by atoms with Crippen molar-refractivity contribution >= 4 is 34.2 Å². The fourth-order valence-electron chi connectivity index (χ4n) is 4.88. The van der Waals surface area contributed by atoms with E-state index in [1.54, 1.807) is 0 Å². The molecule has 6 nitrogen and oxygen atoms in total. The number of benzene rings is 1. The Bertz CT molecular complexity index is 1070. The van der Waals surface area contributed by atoms with Gasteiger partial charge in [0.05, 0.1) is 18.9 Å². The zero-order valence-electron chi connectivity index (χ0n) is 17.7. The van der Waals surface area contributed by atoms with Crippen LogP contribution in [-0.2, 0) is 14.3 Å². The Labute approximate surface area is 184 Å². The Kier molecular flexibility index (Phi) is 5.71. The van der Waals surface area contributed by atoms with Crippen molar-refractivity contribution in [3.8, 4) is 11.1 Å². The summed E-state index contributed by atoms with van der Waals surface area (Å²) in [5.74, 6) is -3.48. The van der Waals surface area contributed by atoms with Crippen molar-refractivity contribution in [3.05, 3.63) is 52.4 Å². The normalized spacial score (nSPS) is 24.1. The zero-order chi connectivity index (χ0) is 22.3. The molecule has 0 radical (unpaired) electrons. The molecule has 5 rings (SSSR count). The molecule has 1 amide bonds. The number of aliphatic carboxylic acids is 1. The number of nitrogens with one attached hydrogen (secondary N) is 1. The van der Waals surface area contributed by atoms with E-state index in [0.29, 0.717) is 10.6 Å². The lowest BCUT2D eigenvalue weighted by Gasteiger charge is -2.41. The first-order chi connectivity index (χ1) is 14.8. The van der Waals surface area contributed by atoms with Crippen LogP contribution in [0, 0.1) is 37.5 Å². The lowest BCUT2D eigenvalue weighted by Crippen LogP contribution is -2.47. The van der Waals surface area contributed by atoms with Gasteiger partial charge in [0.2, 0.25) is 5.91 Å². The molecule has 3 aliphatic rings. The lowest BCUT2D eigenvalue weighted by atomic mass is 9.62. The summed E-state index contributed by atoms with van der Waals surface area (Å²) in [6.07, 6.45) is 5.48. The van der Waals surface area contributed by atoms with E-state index < -0.39 is 23.8 Å². The third-order valence-electron chi connectivity index (χ3n) is 6.39. The van der Waals surface area contributed by atoms with Gasteiger partial charge >= 0.3 is 11.9 Å². The minimum absolute atomic E-state index is 0.106. The van der Waals surface area contributed by atoms with Gasteiger partial charge in [-0.05, 0) is 44.1 Å². The van der Waals surface area contributed by atoms with Crippen LogP contribution in [0.4, 0.5) is 5.00 Å². The molecule has 31 heavy (non-hydrogen) atoms. The molecule has 162 valence electrons.